The second kappa shape index (κ2) is 6.97. The van der Waals surface area contributed by atoms with E-state index in [0.717, 1.165) is 5.52 Å². The number of thioether (sulfide) groups is 1. The molecule has 1 saturated heterocycles. The Balaban J connectivity index is 1.63. The molecule has 0 radical (unpaired) electrons. The number of carbonyl (C=O) groups is 2. The van der Waals surface area contributed by atoms with Crippen LogP contribution in [0.1, 0.15) is 21.4 Å². The number of benzene rings is 2. The highest BCUT2D eigenvalue weighted by molar-refractivity contribution is 8.00. The Morgan fingerprint density at radius 2 is 2.07 bits per heavy atom. The molecule has 1 N–H and O–H groups in total. The zero-order valence-electron chi connectivity index (χ0n) is 14.7. The Hall–Kier alpha value is -3.40. The predicted molar refractivity (Wildman–Crippen MR) is 103 cm³/mol. The van der Waals surface area contributed by atoms with Gasteiger partial charge in [0, 0.05) is 24.6 Å². The maximum atomic E-state index is 12.8. The molecule has 3 aromatic rings. The van der Waals surface area contributed by atoms with Gasteiger partial charge in [-0.3, -0.25) is 29.8 Å². The predicted octanol–water partition coefficient (Wildman–Crippen LogP) is 2.40. The Morgan fingerprint density at radius 1 is 1.29 bits per heavy atom. The van der Waals surface area contributed by atoms with Crippen LogP contribution >= 0.6 is 11.8 Å². The summed E-state index contributed by atoms with van der Waals surface area (Å²) in [7, 11) is 1.74. The molecule has 10 heteroatoms. The van der Waals surface area contributed by atoms with Crippen LogP contribution in [-0.2, 0) is 11.8 Å². The molecule has 1 aliphatic heterocycles. The summed E-state index contributed by atoms with van der Waals surface area (Å²) in [5.41, 5.74) is 4.13. The first-order chi connectivity index (χ1) is 13.5. The summed E-state index contributed by atoms with van der Waals surface area (Å²) >= 11 is 1.29. The van der Waals surface area contributed by atoms with Crippen molar-refractivity contribution < 1.29 is 14.5 Å². The van der Waals surface area contributed by atoms with Crippen molar-refractivity contribution in [3.8, 4) is 0 Å². The summed E-state index contributed by atoms with van der Waals surface area (Å²) in [6.07, 6.45) is 0. The van der Waals surface area contributed by atoms with Crippen LogP contribution < -0.4 is 5.43 Å². The maximum Gasteiger partial charge on any atom is 0.291 e. The molecule has 0 spiro atoms. The van der Waals surface area contributed by atoms with Gasteiger partial charge < -0.3 is 0 Å². The van der Waals surface area contributed by atoms with Crippen molar-refractivity contribution in [2.75, 3.05) is 5.75 Å². The van der Waals surface area contributed by atoms with Gasteiger partial charge in [-0.15, -0.1) is 11.8 Å². The standard InChI is InChI=1S/C18H15N5O4S/c1-21-14-8-3-2-7-13(14)16(19-21)17(25)20-22-15(24)10-28-18(22)11-5-4-6-12(9-11)23(26)27/h2-9,18H,10H2,1H3,(H,20,25). The number of nitrogens with zero attached hydrogens (tertiary/aromatic N) is 4. The van der Waals surface area contributed by atoms with Crippen LogP contribution in [0.3, 0.4) is 0 Å². The van der Waals surface area contributed by atoms with Gasteiger partial charge in [-0.25, -0.2) is 5.01 Å². The highest BCUT2D eigenvalue weighted by Gasteiger charge is 2.35. The van der Waals surface area contributed by atoms with Crippen LogP contribution in [0.15, 0.2) is 48.5 Å². The number of fused-ring (bicyclic) bond motifs is 1. The van der Waals surface area contributed by atoms with Crippen molar-refractivity contribution >= 4 is 40.2 Å². The largest absolute Gasteiger partial charge is 0.291 e. The molecule has 2 aromatic carbocycles. The van der Waals surface area contributed by atoms with Gasteiger partial charge in [-0.2, -0.15) is 5.10 Å². The maximum absolute atomic E-state index is 12.8. The van der Waals surface area contributed by atoms with Crippen LogP contribution in [0.2, 0.25) is 0 Å². The number of nitro benzene ring substituents is 1. The molecule has 2 heterocycles. The van der Waals surface area contributed by atoms with Crippen molar-refractivity contribution in [1.29, 1.82) is 0 Å². The number of nitro groups is 1. The van der Waals surface area contributed by atoms with E-state index in [2.05, 4.69) is 10.5 Å². The van der Waals surface area contributed by atoms with E-state index in [0.29, 0.717) is 10.9 Å². The normalized spacial score (nSPS) is 16.5. The molecule has 1 aliphatic rings. The first-order valence-electron chi connectivity index (χ1n) is 8.36. The number of amides is 2. The van der Waals surface area contributed by atoms with Crippen molar-refractivity contribution in [1.82, 2.24) is 20.2 Å². The summed E-state index contributed by atoms with van der Waals surface area (Å²) in [5, 5.41) is 16.6. The highest BCUT2D eigenvalue weighted by Crippen LogP contribution is 2.38. The summed E-state index contributed by atoms with van der Waals surface area (Å²) in [6, 6.07) is 13.3. The zero-order valence-corrected chi connectivity index (χ0v) is 15.5. The number of aromatic nitrogens is 2. The van der Waals surface area contributed by atoms with E-state index in [-0.39, 0.29) is 23.0 Å². The fourth-order valence-electron chi connectivity index (χ4n) is 3.13. The van der Waals surface area contributed by atoms with E-state index >= 15 is 0 Å². The molecule has 0 aliphatic carbocycles. The lowest BCUT2D eigenvalue weighted by Gasteiger charge is -2.24. The third kappa shape index (κ3) is 3.07. The zero-order chi connectivity index (χ0) is 19.8. The molecule has 9 nitrogen and oxygen atoms in total. The van der Waals surface area contributed by atoms with Crippen molar-refractivity contribution in [3.05, 3.63) is 69.9 Å². The van der Waals surface area contributed by atoms with Crippen molar-refractivity contribution in [2.45, 2.75) is 5.37 Å². The number of hydrogen-bond acceptors (Lipinski definition) is 6. The van der Waals surface area contributed by atoms with Crippen LogP contribution in [0.5, 0.6) is 0 Å². The molecule has 0 saturated carbocycles. The lowest BCUT2D eigenvalue weighted by molar-refractivity contribution is -0.384. The van der Waals surface area contributed by atoms with Crippen LogP contribution in [0.25, 0.3) is 10.9 Å². The Kier molecular flexibility index (Phi) is 4.47. The minimum atomic E-state index is -0.550. The van der Waals surface area contributed by atoms with Crippen molar-refractivity contribution in [3.63, 3.8) is 0 Å². The second-order valence-electron chi connectivity index (χ2n) is 6.21. The number of carbonyl (C=O) groups excluding carboxylic acids is 2. The van der Waals surface area contributed by atoms with E-state index in [1.165, 1.54) is 28.9 Å². The molecular weight excluding hydrogens is 382 g/mol. The summed E-state index contributed by atoms with van der Waals surface area (Å²) in [5.74, 6) is -0.630. The van der Waals surface area contributed by atoms with Gasteiger partial charge in [0.25, 0.3) is 17.5 Å². The van der Waals surface area contributed by atoms with Gasteiger partial charge in [0.05, 0.1) is 16.2 Å². The summed E-state index contributed by atoms with van der Waals surface area (Å²) < 4.78 is 1.60. The van der Waals surface area contributed by atoms with Gasteiger partial charge in [0.15, 0.2) is 5.69 Å². The van der Waals surface area contributed by atoms with E-state index < -0.39 is 16.2 Å². The minimum absolute atomic E-state index is 0.0700. The number of non-ortho nitro benzene ring substituents is 1. The fourth-order valence-corrected chi connectivity index (χ4v) is 4.23. The molecule has 1 atom stereocenters. The summed E-state index contributed by atoms with van der Waals surface area (Å²) in [6.45, 7) is 0. The van der Waals surface area contributed by atoms with Gasteiger partial charge in [0.1, 0.15) is 5.37 Å². The quantitative estimate of drug-likeness (QED) is 0.535. The lowest BCUT2D eigenvalue weighted by atomic mass is 10.2. The van der Waals surface area contributed by atoms with E-state index in [1.807, 2.05) is 18.2 Å². The minimum Gasteiger partial charge on any atom is -0.272 e. The van der Waals surface area contributed by atoms with Gasteiger partial charge in [0.2, 0.25) is 0 Å². The van der Waals surface area contributed by atoms with E-state index in [4.69, 9.17) is 0 Å². The first kappa shape index (κ1) is 18.0. The van der Waals surface area contributed by atoms with E-state index in [9.17, 15) is 19.7 Å². The van der Waals surface area contributed by atoms with E-state index in [1.54, 1.807) is 29.9 Å². The summed E-state index contributed by atoms with van der Waals surface area (Å²) in [4.78, 5) is 35.7. The van der Waals surface area contributed by atoms with Crippen molar-refractivity contribution in [2.24, 2.45) is 7.05 Å². The third-order valence-electron chi connectivity index (χ3n) is 4.43. The molecule has 0 bridgehead atoms. The number of rotatable bonds is 4. The molecule has 4 rings (SSSR count). The molecule has 1 fully saturated rings. The Bertz CT molecular complexity index is 1110. The molecule has 1 unspecified atom stereocenters. The number of aryl methyl sites for hydroxylation is 1. The molecule has 142 valence electrons. The second-order valence-corrected chi connectivity index (χ2v) is 7.28. The first-order valence-corrected chi connectivity index (χ1v) is 9.41. The van der Waals surface area contributed by atoms with Crippen LogP contribution in [0.4, 0.5) is 5.69 Å². The topological polar surface area (TPSA) is 110 Å². The fraction of sp³-hybridized carbons (Fsp3) is 0.167. The molecular formula is C18H15N5O4S. The molecule has 2 amide bonds. The number of hydrazine groups is 1. The number of hydrogen-bond donors (Lipinski definition) is 1. The average molecular weight is 397 g/mol. The van der Waals surface area contributed by atoms with Gasteiger partial charge >= 0.3 is 0 Å². The smallest absolute Gasteiger partial charge is 0.272 e. The van der Waals surface area contributed by atoms with Gasteiger partial charge in [-0.1, -0.05) is 30.3 Å². The Morgan fingerprint density at radius 3 is 2.86 bits per heavy atom. The molecule has 1 aromatic heterocycles. The van der Waals surface area contributed by atoms with Crippen LogP contribution in [-0.4, -0.2) is 37.3 Å². The number of nitrogens with one attached hydrogen (secondary N) is 1. The van der Waals surface area contributed by atoms with Crippen LogP contribution in [0, 0.1) is 10.1 Å². The third-order valence-corrected chi connectivity index (χ3v) is 5.64. The SMILES string of the molecule is Cn1nc(C(=O)NN2C(=O)CSC2c2cccc([N+](=O)[O-])c2)c2ccccc21. The lowest BCUT2D eigenvalue weighted by Crippen LogP contribution is -2.44. The van der Waals surface area contributed by atoms with Gasteiger partial charge in [-0.05, 0) is 11.6 Å². The molecule has 28 heavy (non-hydrogen) atoms. The number of para-hydroxylation sites is 1. The Labute approximate surface area is 163 Å². The monoisotopic (exact) mass is 397 g/mol. The highest BCUT2D eigenvalue weighted by atomic mass is 32.2. The average Bonchev–Trinajstić information content (AvgIpc) is 3.23.